The van der Waals surface area contributed by atoms with Crippen LogP contribution in [0.2, 0.25) is 24.2 Å². The van der Waals surface area contributed by atoms with Gasteiger partial charge in [0, 0.05) is 16.7 Å². The van der Waals surface area contributed by atoms with Crippen molar-refractivity contribution in [2.24, 2.45) is 0 Å². The van der Waals surface area contributed by atoms with E-state index in [-0.39, 0.29) is 23.2 Å². The average Bonchev–Trinajstić information content (AvgIpc) is 2.32. The minimum Gasteiger partial charge on any atom is -0.415 e. The summed E-state index contributed by atoms with van der Waals surface area (Å²) in [4.78, 5) is 0.194. The van der Waals surface area contributed by atoms with Crippen LogP contribution in [0.1, 0.15) is 25.8 Å². The van der Waals surface area contributed by atoms with E-state index < -0.39 is 23.8 Å². The normalized spacial score (nSPS) is 24.3. The van der Waals surface area contributed by atoms with Gasteiger partial charge in [0.25, 0.3) is 0 Å². The SMILES string of the molecule is CC(C)O[Si](C)(C)CC1(O)CCS(=O)(=O)c2ccc(Cl)cc21. The van der Waals surface area contributed by atoms with E-state index in [4.69, 9.17) is 16.0 Å². The molecule has 0 aromatic heterocycles. The molecule has 1 aromatic carbocycles. The van der Waals surface area contributed by atoms with Gasteiger partial charge in [0.05, 0.1) is 16.2 Å². The molecule has 1 N–H and O–H groups in total. The Hall–Kier alpha value is -0.403. The Labute approximate surface area is 138 Å². The molecule has 7 heteroatoms. The van der Waals surface area contributed by atoms with Crippen LogP contribution in [0.25, 0.3) is 0 Å². The standard InChI is InChI=1S/C15H23ClO4SSi/c1-11(2)20-22(3,4)10-15(17)7-8-21(18,19)14-6-5-12(16)9-13(14)15/h5-6,9,11,17H,7-8,10H2,1-4H3. The molecule has 1 unspecified atom stereocenters. The fraction of sp³-hybridized carbons (Fsp3) is 0.600. The molecule has 124 valence electrons. The molecule has 0 radical (unpaired) electrons. The van der Waals surface area contributed by atoms with E-state index in [9.17, 15) is 13.5 Å². The van der Waals surface area contributed by atoms with Gasteiger partial charge < -0.3 is 9.53 Å². The van der Waals surface area contributed by atoms with Crippen molar-refractivity contribution in [2.45, 2.75) is 56.0 Å². The summed E-state index contributed by atoms with van der Waals surface area (Å²) in [5.74, 6) is -0.0513. The van der Waals surface area contributed by atoms with E-state index in [0.717, 1.165) is 0 Å². The molecule has 0 aliphatic carbocycles. The van der Waals surface area contributed by atoms with Gasteiger partial charge in [0.2, 0.25) is 0 Å². The van der Waals surface area contributed by atoms with E-state index in [0.29, 0.717) is 16.6 Å². The van der Waals surface area contributed by atoms with Crippen molar-refractivity contribution in [1.29, 1.82) is 0 Å². The third-order valence-corrected chi connectivity index (χ3v) is 8.38. The Balaban J connectivity index is 2.46. The molecular weight excluding hydrogens is 340 g/mol. The smallest absolute Gasteiger partial charge is 0.190 e. The summed E-state index contributed by atoms with van der Waals surface area (Å²) in [6.07, 6.45) is 0.261. The third kappa shape index (κ3) is 3.74. The molecular formula is C15H23ClO4SSi. The molecule has 4 nitrogen and oxygen atoms in total. The largest absolute Gasteiger partial charge is 0.415 e. The Bertz CT molecular complexity index is 672. The summed E-state index contributed by atoms with van der Waals surface area (Å²) in [7, 11) is -5.50. The molecule has 0 amide bonds. The van der Waals surface area contributed by atoms with E-state index in [1.54, 1.807) is 12.1 Å². The molecule has 2 rings (SSSR count). The zero-order valence-electron chi connectivity index (χ0n) is 13.4. The van der Waals surface area contributed by atoms with Gasteiger partial charge in [-0.1, -0.05) is 11.6 Å². The summed E-state index contributed by atoms with van der Waals surface area (Å²) in [5.41, 5.74) is -0.782. The van der Waals surface area contributed by atoms with E-state index in [1.165, 1.54) is 6.07 Å². The third-order valence-electron chi connectivity index (χ3n) is 3.84. The fourth-order valence-corrected chi connectivity index (χ4v) is 8.25. The van der Waals surface area contributed by atoms with Crippen LogP contribution in [0.3, 0.4) is 0 Å². The number of sulfone groups is 1. The van der Waals surface area contributed by atoms with Gasteiger partial charge in [-0.15, -0.1) is 0 Å². The minimum atomic E-state index is -3.35. The maximum absolute atomic E-state index is 12.2. The molecule has 0 spiro atoms. The first-order chi connectivity index (χ1) is 9.95. The first-order valence-electron chi connectivity index (χ1n) is 7.38. The molecule has 0 fully saturated rings. The lowest BCUT2D eigenvalue weighted by atomic mass is 9.92. The van der Waals surface area contributed by atoms with Crippen LogP contribution < -0.4 is 0 Å². The van der Waals surface area contributed by atoms with Crippen LogP contribution in [-0.4, -0.2) is 33.7 Å². The quantitative estimate of drug-likeness (QED) is 0.834. The van der Waals surface area contributed by atoms with Gasteiger partial charge in [0.15, 0.2) is 18.2 Å². The van der Waals surface area contributed by atoms with Crippen LogP contribution in [0, 0.1) is 0 Å². The van der Waals surface area contributed by atoms with Crippen LogP contribution >= 0.6 is 11.6 Å². The van der Waals surface area contributed by atoms with Gasteiger partial charge in [-0.25, -0.2) is 8.42 Å². The topological polar surface area (TPSA) is 63.6 Å². The highest BCUT2D eigenvalue weighted by Crippen LogP contribution is 2.43. The zero-order chi connectivity index (χ0) is 16.8. The molecule has 22 heavy (non-hydrogen) atoms. The van der Waals surface area contributed by atoms with E-state index >= 15 is 0 Å². The Morgan fingerprint density at radius 1 is 1.41 bits per heavy atom. The van der Waals surface area contributed by atoms with Gasteiger partial charge >= 0.3 is 0 Å². The van der Waals surface area contributed by atoms with Crippen LogP contribution in [0.4, 0.5) is 0 Å². The van der Waals surface area contributed by atoms with Crippen molar-refractivity contribution in [2.75, 3.05) is 5.75 Å². The monoisotopic (exact) mass is 362 g/mol. The van der Waals surface area contributed by atoms with Gasteiger partial charge in [-0.3, -0.25) is 0 Å². The molecule has 0 saturated carbocycles. The van der Waals surface area contributed by atoms with Crippen molar-refractivity contribution < 1.29 is 18.0 Å². The van der Waals surface area contributed by atoms with Crippen molar-refractivity contribution in [3.8, 4) is 0 Å². The fourth-order valence-electron chi connectivity index (χ4n) is 3.25. The molecule has 0 saturated heterocycles. The van der Waals surface area contributed by atoms with Crippen molar-refractivity contribution in [3.63, 3.8) is 0 Å². The second-order valence-corrected chi connectivity index (χ2v) is 13.5. The predicted molar refractivity (Wildman–Crippen MR) is 90.5 cm³/mol. The van der Waals surface area contributed by atoms with Gasteiger partial charge in [-0.05, 0) is 57.6 Å². The number of benzene rings is 1. The molecule has 1 heterocycles. The molecule has 1 aromatic rings. The molecule has 1 atom stereocenters. The van der Waals surface area contributed by atoms with Crippen molar-refractivity contribution in [3.05, 3.63) is 28.8 Å². The van der Waals surface area contributed by atoms with E-state index in [1.807, 2.05) is 26.9 Å². The summed E-state index contributed by atoms with van der Waals surface area (Å²) < 4.78 is 30.5. The Morgan fingerprint density at radius 2 is 2.05 bits per heavy atom. The van der Waals surface area contributed by atoms with Gasteiger partial charge in [-0.2, -0.15) is 0 Å². The van der Waals surface area contributed by atoms with Gasteiger partial charge in [0.1, 0.15) is 0 Å². The number of hydrogen-bond donors (Lipinski definition) is 1. The van der Waals surface area contributed by atoms with Crippen LogP contribution in [0.5, 0.6) is 0 Å². The number of hydrogen-bond acceptors (Lipinski definition) is 4. The second-order valence-electron chi connectivity index (χ2n) is 6.84. The maximum atomic E-state index is 12.2. The number of fused-ring (bicyclic) bond motifs is 1. The summed E-state index contributed by atoms with van der Waals surface area (Å²) in [5, 5.41) is 11.6. The minimum absolute atomic E-state index is 0.0513. The van der Waals surface area contributed by atoms with Crippen molar-refractivity contribution >= 4 is 29.8 Å². The summed E-state index contributed by atoms with van der Waals surface area (Å²) >= 11 is 6.03. The highest BCUT2D eigenvalue weighted by molar-refractivity contribution is 7.91. The first kappa shape index (κ1) is 17.9. The second kappa shape index (κ2) is 5.91. The molecule has 1 aliphatic heterocycles. The first-order valence-corrected chi connectivity index (χ1v) is 12.5. The van der Waals surface area contributed by atoms with Crippen molar-refractivity contribution in [1.82, 2.24) is 0 Å². The lowest BCUT2D eigenvalue weighted by molar-refractivity contribution is 0.0410. The summed E-state index contributed by atoms with van der Waals surface area (Å²) in [6.45, 7) is 8.01. The number of halogens is 1. The number of aliphatic hydroxyl groups is 1. The predicted octanol–water partition coefficient (Wildman–Crippen LogP) is 3.34. The zero-order valence-corrected chi connectivity index (χ0v) is 16.0. The van der Waals surface area contributed by atoms with Crippen LogP contribution in [-0.2, 0) is 19.9 Å². The highest BCUT2D eigenvalue weighted by Gasteiger charge is 2.45. The van der Waals surface area contributed by atoms with Crippen LogP contribution in [0.15, 0.2) is 23.1 Å². The maximum Gasteiger partial charge on any atom is 0.190 e. The summed E-state index contributed by atoms with van der Waals surface area (Å²) in [6, 6.07) is 5.07. The number of rotatable bonds is 4. The lowest BCUT2D eigenvalue weighted by Crippen LogP contribution is -2.45. The Kier molecular flexibility index (Phi) is 4.82. The van der Waals surface area contributed by atoms with E-state index in [2.05, 4.69) is 0 Å². The Morgan fingerprint density at radius 3 is 2.64 bits per heavy atom. The highest BCUT2D eigenvalue weighted by atomic mass is 35.5. The molecule has 0 bridgehead atoms. The average molecular weight is 363 g/mol. The molecule has 1 aliphatic rings. The lowest BCUT2D eigenvalue weighted by Gasteiger charge is -2.39.